The van der Waals surface area contributed by atoms with Crippen molar-refractivity contribution in [2.24, 2.45) is 12.8 Å². The highest BCUT2D eigenvalue weighted by Crippen LogP contribution is 2.26. The number of aryl methyl sites for hydroxylation is 1. The Hall–Kier alpha value is -2.65. The van der Waals surface area contributed by atoms with Gasteiger partial charge < -0.3 is 22.1 Å². The van der Waals surface area contributed by atoms with E-state index in [1.807, 2.05) is 6.92 Å². The number of fused-ring (bicyclic) bond motifs is 1. The van der Waals surface area contributed by atoms with E-state index >= 15 is 0 Å². The zero-order chi connectivity index (χ0) is 17.3. The van der Waals surface area contributed by atoms with E-state index in [0.717, 1.165) is 0 Å². The van der Waals surface area contributed by atoms with Gasteiger partial charge in [0.05, 0.1) is 0 Å². The fourth-order valence-electron chi connectivity index (χ4n) is 2.15. The van der Waals surface area contributed by atoms with Gasteiger partial charge >= 0.3 is 0 Å². The van der Waals surface area contributed by atoms with Crippen LogP contribution in [0.4, 0.5) is 23.1 Å². The van der Waals surface area contributed by atoms with Crippen molar-refractivity contribution in [1.82, 2.24) is 25.0 Å². The van der Waals surface area contributed by atoms with E-state index in [2.05, 4.69) is 30.9 Å². The average Bonchev–Trinajstić information content (AvgIpc) is 2.86. The molecule has 0 aliphatic rings. The van der Waals surface area contributed by atoms with Crippen LogP contribution in [-0.4, -0.2) is 37.5 Å². The zero-order valence-electron chi connectivity index (χ0n) is 13.3. The lowest BCUT2D eigenvalue weighted by molar-refractivity contribution is 0.729. The normalized spacial score (nSPS) is 12.3. The van der Waals surface area contributed by atoms with Crippen molar-refractivity contribution >= 4 is 45.9 Å². The molecular formula is C14H18ClN9. The fraction of sp³-hybridized carbons (Fsp3) is 0.286. The van der Waals surface area contributed by atoms with Gasteiger partial charge in [-0.3, -0.25) is 0 Å². The number of hydrogen-bond donors (Lipinski definition) is 4. The van der Waals surface area contributed by atoms with Crippen molar-refractivity contribution in [2.45, 2.75) is 13.0 Å². The predicted molar refractivity (Wildman–Crippen MR) is 95.4 cm³/mol. The Morgan fingerprint density at radius 1 is 1.29 bits per heavy atom. The molecule has 0 aliphatic carbocycles. The van der Waals surface area contributed by atoms with Gasteiger partial charge in [0.25, 0.3) is 0 Å². The molecule has 10 heteroatoms. The second-order valence-corrected chi connectivity index (χ2v) is 5.97. The van der Waals surface area contributed by atoms with Crippen LogP contribution in [0.2, 0.25) is 5.02 Å². The first-order valence-corrected chi connectivity index (χ1v) is 7.70. The Balaban J connectivity index is 2.01. The minimum Gasteiger partial charge on any atom is -0.399 e. The van der Waals surface area contributed by atoms with Crippen LogP contribution < -0.4 is 22.1 Å². The summed E-state index contributed by atoms with van der Waals surface area (Å²) in [6, 6.07) is 5.14. The summed E-state index contributed by atoms with van der Waals surface area (Å²) in [5.74, 6) is 0.935. The second kappa shape index (κ2) is 6.46. The molecule has 3 rings (SSSR count). The SMILES string of the molecule is CC(N)CNc1nc(Nc2cc(N)cc(Cl)c2)c2nnn(C)c2n1. The number of aromatic nitrogens is 5. The van der Waals surface area contributed by atoms with Crippen molar-refractivity contribution in [3.8, 4) is 0 Å². The first-order chi connectivity index (χ1) is 11.4. The molecule has 9 nitrogen and oxygen atoms in total. The van der Waals surface area contributed by atoms with Gasteiger partial charge in [-0.1, -0.05) is 16.8 Å². The molecule has 0 radical (unpaired) electrons. The molecule has 0 amide bonds. The zero-order valence-corrected chi connectivity index (χ0v) is 14.0. The van der Waals surface area contributed by atoms with Crippen LogP contribution in [-0.2, 0) is 7.05 Å². The molecule has 0 bridgehead atoms. The summed E-state index contributed by atoms with van der Waals surface area (Å²) in [4.78, 5) is 8.87. The molecule has 126 valence electrons. The largest absolute Gasteiger partial charge is 0.399 e. The maximum Gasteiger partial charge on any atom is 0.226 e. The molecular weight excluding hydrogens is 330 g/mol. The van der Waals surface area contributed by atoms with E-state index in [9.17, 15) is 0 Å². The third kappa shape index (κ3) is 3.47. The molecule has 1 aromatic carbocycles. The van der Waals surface area contributed by atoms with Crippen molar-refractivity contribution in [2.75, 3.05) is 22.9 Å². The van der Waals surface area contributed by atoms with E-state index in [1.165, 1.54) is 0 Å². The highest BCUT2D eigenvalue weighted by molar-refractivity contribution is 6.31. The number of hydrogen-bond acceptors (Lipinski definition) is 8. The lowest BCUT2D eigenvalue weighted by atomic mass is 10.3. The van der Waals surface area contributed by atoms with Crippen molar-refractivity contribution in [1.29, 1.82) is 0 Å². The Bertz CT molecular complexity index is 854. The number of nitrogens with zero attached hydrogens (tertiary/aromatic N) is 5. The Labute approximate surface area is 143 Å². The molecule has 6 N–H and O–H groups in total. The third-order valence-electron chi connectivity index (χ3n) is 3.22. The summed E-state index contributed by atoms with van der Waals surface area (Å²) in [5.41, 5.74) is 14.0. The van der Waals surface area contributed by atoms with Crippen LogP contribution in [0.25, 0.3) is 11.2 Å². The van der Waals surface area contributed by atoms with Crippen molar-refractivity contribution in [3.63, 3.8) is 0 Å². The minimum absolute atomic E-state index is 0.0295. The van der Waals surface area contributed by atoms with Crippen molar-refractivity contribution in [3.05, 3.63) is 23.2 Å². The van der Waals surface area contributed by atoms with Crippen molar-refractivity contribution < 1.29 is 0 Å². The molecule has 2 aromatic heterocycles. The summed E-state index contributed by atoms with van der Waals surface area (Å²) in [7, 11) is 1.76. The minimum atomic E-state index is -0.0295. The van der Waals surface area contributed by atoms with E-state index in [1.54, 1.807) is 29.9 Å². The Kier molecular flexibility index (Phi) is 4.36. The van der Waals surface area contributed by atoms with Crippen LogP contribution in [0, 0.1) is 0 Å². The van der Waals surface area contributed by atoms with Gasteiger partial charge in [-0.05, 0) is 25.1 Å². The first kappa shape index (κ1) is 16.2. The summed E-state index contributed by atoms with van der Waals surface area (Å²) < 4.78 is 1.57. The quantitative estimate of drug-likeness (QED) is 0.510. The first-order valence-electron chi connectivity index (χ1n) is 7.32. The van der Waals surface area contributed by atoms with E-state index < -0.39 is 0 Å². The van der Waals surface area contributed by atoms with Crippen LogP contribution in [0.5, 0.6) is 0 Å². The van der Waals surface area contributed by atoms with Gasteiger partial charge in [-0.15, -0.1) is 5.10 Å². The highest BCUT2D eigenvalue weighted by Gasteiger charge is 2.14. The highest BCUT2D eigenvalue weighted by atomic mass is 35.5. The molecule has 3 aromatic rings. The third-order valence-corrected chi connectivity index (χ3v) is 3.43. The van der Waals surface area contributed by atoms with Crippen LogP contribution in [0.3, 0.4) is 0 Å². The number of nitrogens with two attached hydrogens (primary N) is 2. The average molecular weight is 348 g/mol. The molecule has 0 aliphatic heterocycles. The van der Waals surface area contributed by atoms with Gasteiger partial charge in [0.1, 0.15) is 0 Å². The number of rotatable bonds is 5. The number of anilines is 4. The number of nitrogen functional groups attached to an aromatic ring is 1. The topological polar surface area (TPSA) is 133 Å². The summed E-state index contributed by atoms with van der Waals surface area (Å²) in [6.45, 7) is 2.44. The summed E-state index contributed by atoms with van der Waals surface area (Å²) in [6.07, 6.45) is 0. The molecule has 2 heterocycles. The van der Waals surface area contributed by atoms with E-state index in [0.29, 0.717) is 45.9 Å². The number of nitrogens with one attached hydrogen (secondary N) is 2. The summed E-state index contributed by atoms with van der Waals surface area (Å²) >= 11 is 6.04. The number of benzene rings is 1. The van der Waals surface area contributed by atoms with Gasteiger partial charge in [-0.25, -0.2) is 4.68 Å². The smallest absolute Gasteiger partial charge is 0.226 e. The number of halogens is 1. The Morgan fingerprint density at radius 3 is 2.79 bits per heavy atom. The molecule has 0 fully saturated rings. The van der Waals surface area contributed by atoms with Gasteiger partial charge in [0.2, 0.25) is 5.95 Å². The van der Waals surface area contributed by atoms with Gasteiger partial charge in [-0.2, -0.15) is 9.97 Å². The monoisotopic (exact) mass is 347 g/mol. The molecule has 0 saturated heterocycles. The lowest BCUT2D eigenvalue weighted by Gasteiger charge is -2.11. The van der Waals surface area contributed by atoms with Gasteiger partial charge in [0, 0.05) is 36.0 Å². The standard InChI is InChI=1S/C14H18ClN9/c1-7(16)6-18-14-20-12(11-13(21-14)24(2)23-22-11)19-10-4-8(15)3-9(17)5-10/h3-5,7H,6,16-17H2,1-2H3,(H2,18,19,20,21). The lowest BCUT2D eigenvalue weighted by Crippen LogP contribution is -2.26. The molecule has 24 heavy (non-hydrogen) atoms. The Morgan fingerprint density at radius 2 is 2.08 bits per heavy atom. The maximum absolute atomic E-state index is 6.04. The molecule has 0 saturated carbocycles. The second-order valence-electron chi connectivity index (χ2n) is 5.54. The molecule has 1 atom stereocenters. The van der Waals surface area contributed by atoms with Crippen LogP contribution in [0.15, 0.2) is 18.2 Å². The van der Waals surface area contributed by atoms with Gasteiger partial charge in [0.15, 0.2) is 17.0 Å². The summed E-state index contributed by atoms with van der Waals surface area (Å²) in [5, 5.41) is 14.9. The maximum atomic E-state index is 6.04. The molecule has 0 spiro atoms. The van der Waals surface area contributed by atoms with E-state index in [-0.39, 0.29) is 6.04 Å². The fourth-order valence-corrected chi connectivity index (χ4v) is 2.40. The van der Waals surface area contributed by atoms with E-state index in [4.69, 9.17) is 23.1 Å². The molecule has 1 unspecified atom stereocenters. The van der Waals surface area contributed by atoms with Crippen LogP contribution in [0.1, 0.15) is 6.92 Å². The van der Waals surface area contributed by atoms with Crippen LogP contribution >= 0.6 is 11.6 Å². The predicted octanol–water partition coefficient (Wildman–Crippen LogP) is 1.50.